The van der Waals surface area contributed by atoms with Crippen LogP contribution in [0.15, 0.2) is 18.7 Å². The van der Waals surface area contributed by atoms with E-state index in [1.807, 2.05) is 6.92 Å². The summed E-state index contributed by atoms with van der Waals surface area (Å²) in [6, 6.07) is 1.76. The SMILES string of the molecule is C=CCN(CCC)C(=O)c1cc(N)c(C)s1. The summed E-state index contributed by atoms with van der Waals surface area (Å²) in [5.74, 6) is 0.0477. The van der Waals surface area contributed by atoms with Crippen LogP contribution in [-0.2, 0) is 0 Å². The van der Waals surface area contributed by atoms with E-state index >= 15 is 0 Å². The molecule has 4 heteroatoms. The van der Waals surface area contributed by atoms with Crippen molar-refractivity contribution in [3.63, 3.8) is 0 Å². The van der Waals surface area contributed by atoms with Gasteiger partial charge in [0.05, 0.1) is 4.88 Å². The lowest BCUT2D eigenvalue weighted by molar-refractivity contribution is 0.0779. The standard InChI is InChI=1S/C12H18N2OS/c1-4-6-14(7-5-2)12(15)11-8-10(13)9(3)16-11/h4,8H,1,5-7,13H2,2-3H3. The highest BCUT2D eigenvalue weighted by atomic mass is 32.1. The highest BCUT2D eigenvalue weighted by Crippen LogP contribution is 2.24. The van der Waals surface area contributed by atoms with Gasteiger partial charge in [-0.3, -0.25) is 4.79 Å². The highest BCUT2D eigenvalue weighted by Gasteiger charge is 2.16. The molecule has 1 aromatic heterocycles. The maximum absolute atomic E-state index is 12.1. The Morgan fingerprint density at radius 1 is 1.69 bits per heavy atom. The Labute approximate surface area is 101 Å². The van der Waals surface area contributed by atoms with Crippen LogP contribution in [0.3, 0.4) is 0 Å². The van der Waals surface area contributed by atoms with Gasteiger partial charge in [0, 0.05) is 23.7 Å². The number of nitrogen functional groups attached to an aromatic ring is 1. The number of rotatable bonds is 5. The first-order valence-electron chi connectivity index (χ1n) is 5.36. The van der Waals surface area contributed by atoms with E-state index < -0.39 is 0 Å². The van der Waals surface area contributed by atoms with Crippen molar-refractivity contribution in [1.29, 1.82) is 0 Å². The van der Waals surface area contributed by atoms with Gasteiger partial charge in [0.25, 0.3) is 5.91 Å². The van der Waals surface area contributed by atoms with Crippen LogP contribution >= 0.6 is 11.3 Å². The Hall–Kier alpha value is -1.29. The Morgan fingerprint density at radius 3 is 2.81 bits per heavy atom. The quantitative estimate of drug-likeness (QED) is 0.802. The maximum Gasteiger partial charge on any atom is 0.264 e. The molecule has 0 aliphatic rings. The molecule has 2 N–H and O–H groups in total. The van der Waals surface area contributed by atoms with E-state index in [1.54, 1.807) is 17.0 Å². The second-order valence-electron chi connectivity index (χ2n) is 3.66. The van der Waals surface area contributed by atoms with Crippen molar-refractivity contribution in [2.75, 3.05) is 18.8 Å². The van der Waals surface area contributed by atoms with E-state index in [1.165, 1.54) is 11.3 Å². The van der Waals surface area contributed by atoms with Gasteiger partial charge in [-0.15, -0.1) is 17.9 Å². The Morgan fingerprint density at radius 2 is 2.38 bits per heavy atom. The molecule has 0 aromatic carbocycles. The highest BCUT2D eigenvalue weighted by molar-refractivity contribution is 7.14. The second-order valence-corrected chi connectivity index (χ2v) is 4.92. The van der Waals surface area contributed by atoms with Crippen molar-refractivity contribution >= 4 is 22.9 Å². The van der Waals surface area contributed by atoms with Gasteiger partial charge in [-0.05, 0) is 19.4 Å². The lowest BCUT2D eigenvalue weighted by atomic mass is 10.3. The van der Waals surface area contributed by atoms with Crippen LogP contribution in [0.25, 0.3) is 0 Å². The summed E-state index contributed by atoms with van der Waals surface area (Å²) in [6.45, 7) is 8.98. The van der Waals surface area contributed by atoms with Crippen molar-refractivity contribution in [1.82, 2.24) is 4.90 Å². The number of aryl methyl sites for hydroxylation is 1. The molecule has 1 heterocycles. The van der Waals surface area contributed by atoms with E-state index in [-0.39, 0.29) is 5.91 Å². The molecule has 0 saturated carbocycles. The number of carbonyl (C=O) groups excluding carboxylic acids is 1. The molecule has 0 atom stereocenters. The molecule has 1 aromatic rings. The van der Waals surface area contributed by atoms with Gasteiger partial charge >= 0.3 is 0 Å². The largest absolute Gasteiger partial charge is 0.398 e. The van der Waals surface area contributed by atoms with Gasteiger partial charge in [0.15, 0.2) is 0 Å². The van der Waals surface area contributed by atoms with Gasteiger partial charge < -0.3 is 10.6 Å². The molecule has 88 valence electrons. The molecule has 1 amide bonds. The molecule has 0 radical (unpaired) electrons. The second kappa shape index (κ2) is 5.70. The first-order chi connectivity index (χ1) is 7.60. The van der Waals surface area contributed by atoms with E-state index in [9.17, 15) is 4.79 Å². The zero-order valence-corrected chi connectivity index (χ0v) is 10.6. The predicted octanol–water partition coefficient (Wildman–Crippen LogP) is 2.68. The maximum atomic E-state index is 12.1. The number of hydrogen-bond acceptors (Lipinski definition) is 3. The first kappa shape index (κ1) is 12.8. The Kier molecular flexibility index (Phi) is 4.55. The zero-order valence-electron chi connectivity index (χ0n) is 9.82. The molecule has 0 aliphatic heterocycles. The first-order valence-corrected chi connectivity index (χ1v) is 6.17. The number of nitrogens with two attached hydrogens (primary N) is 1. The van der Waals surface area contributed by atoms with Crippen molar-refractivity contribution in [3.05, 3.63) is 28.5 Å². The summed E-state index contributed by atoms with van der Waals surface area (Å²) in [6.07, 6.45) is 2.69. The van der Waals surface area contributed by atoms with Crippen LogP contribution in [0, 0.1) is 6.92 Å². The lowest BCUT2D eigenvalue weighted by Crippen LogP contribution is -2.31. The van der Waals surface area contributed by atoms with Crippen molar-refractivity contribution in [2.45, 2.75) is 20.3 Å². The molecule has 3 nitrogen and oxygen atoms in total. The third kappa shape index (κ3) is 2.85. The molecular formula is C12H18N2OS. The lowest BCUT2D eigenvalue weighted by Gasteiger charge is -2.19. The summed E-state index contributed by atoms with van der Waals surface area (Å²) in [5, 5.41) is 0. The zero-order chi connectivity index (χ0) is 12.1. The third-order valence-electron chi connectivity index (χ3n) is 2.30. The molecule has 0 fully saturated rings. The summed E-state index contributed by atoms with van der Waals surface area (Å²) in [4.78, 5) is 15.6. The summed E-state index contributed by atoms with van der Waals surface area (Å²) in [5.41, 5.74) is 6.44. The molecule has 1 rings (SSSR count). The summed E-state index contributed by atoms with van der Waals surface area (Å²) >= 11 is 1.45. The fraction of sp³-hybridized carbons (Fsp3) is 0.417. The fourth-order valence-corrected chi connectivity index (χ4v) is 2.37. The van der Waals surface area contributed by atoms with E-state index in [0.717, 1.165) is 17.8 Å². The van der Waals surface area contributed by atoms with Crippen LogP contribution in [0.1, 0.15) is 27.9 Å². The Bertz CT molecular complexity index is 365. The van der Waals surface area contributed by atoms with Crippen LogP contribution in [-0.4, -0.2) is 23.9 Å². The van der Waals surface area contributed by atoms with Crippen molar-refractivity contribution < 1.29 is 4.79 Å². The number of thiophene rings is 1. The predicted molar refractivity (Wildman–Crippen MR) is 69.9 cm³/mol. The van der Waals surface area contributed by atoms with Crippen molar-refractivity contribution in [2.24, 2.45) is 0 Å². The van der Waals surface area contributed by atoms with Gasteiger partial charge in [-0.1, -0.05) is 13.0 Å². The monoisotopic (exact) mass is 238 g/mol. The minimum Gasteiger partial charge on any atom is -0.398 e. The Balaban J connectivity index is 2.84. The van der Waals surface area contributed by atoms with Gasteiger partial charge in [0.2, 0.25) is 0 Å². The van der Waals surface area contributed by atoms with Crippen LogP contribution < -0.4 is 5.73 Å². The smallest absolute Gasteiger partial charge is 0.264 e. The number of nitrogens with zero attached hydrogens (tertiary/aromatic N) is 1. The topological polar surface area (TPSA) is 46.3 Å². The van der Waals surface area contributed by atoms with Gasteiger partial charge in [-0.25, -0.2) is 0 Å². The average molecular weight is 238 g/mol. The summed E-state index contributed by atoms with van der Waals surface area (Å²) < 4.78 is 0. The molecular weight excluding hydrogens is 220 g/mol. The van der Waals surface area contributed by atoms with Crippen LogP contribution in [0.5, 0.6) is 0 Å². The molecule has 16 heavy (non-hydrogen) atoms. The van der Waals surface area contributed by atoms with Crippen molar-refractivity contribution in [3.8, 4) is 0 Å². The number of carbonyl (C=O) groups is 1. The normalized spacial score (nSPS) is 10.1. The number of hydrogen-bond donors (Lipinski definition) is 1. The van der Waals surface area contributed by atoms with E-state index in [4.69, 9.17) is 5.73 Å². The minimum atomic E-state index is 0.0477. The van der Waals surface area contributed by atoms with E-state index in [2.05, 4.69) is 13.5 Å². The third-order valence-corrected chi connectivity index (χ3v) is 3.35. The molecule has 0 unspecified atom stereocenters. The molecule has 0 saturated heterocycles. The van der Waals surface area contributed by atoms with Crippen LogP contribution in [0.2, 0.25) is 0 Å². The average Bonchev–Trinajstić information content (AvgIpc) is 2.58. The van der Waals surface area contributed by atoms with Crippen LogP contribution in [0.4, 0.5) is 5.69 Å². The number of amides is 1. The van der Waals surface area contributed by atoms with Gasteiger partial charge in [-0.2, -0.15) is 0 Å². The fourth-order valence-electron chi connectivity index (χ4n) is 1.46. The van der Waals surface area contributed by atoms with E-state index in [0.29, 0.717) is 17.1 Å². The number of anilines is 1. The summed E-state index contributed by atoms with van der Waals surface area (Å²) in [7, 11) is 0. The minimum absolute atomic E-state index is 0.0477. The van der Waals surface area contributed by atoms with Gasteiger partial charge in [0.1, 0.15) is 0 Å². The molecule has 0 bridgehead atoms. The molecule has 0 aliphatic carbocycles. The molecule has 0 spiro atoms.